The third-order valence-electron chi connectivity index (χ3n) is 2.31. The van der Waals surface area contributed by atoms with Crippen molar-refractivity contribution in [2.45, 2.75) is 6.54 Å². The number of hydrogen-bond acceptors (Lipinski definition) is 4. The van der Waals surface area contributed by atoms with Crippen LogP contribution < -0.4 is 17.0 Å². The molecule has 0 bridgehead atoms. The zero-order chi connectivity index (χ0) is 11.9. The monoisotopic (exact) mass is 221 g/mol. The molecule has 2 aromatic rings. The number of anilines is 1. The van der Waals surface area contributed by atoms with Gasteiger partial charge in [0.1, 0.15) is 0 Å². The van der Waals surface area contributed by atoms with E-state index in [1.807, 2.05) is 0 Å². The van der Waals surface area contributed by atoms with Gasteiger partial charge in [-0.2, -0.15) is 4.98 Å². The fourth-order valence-corrected chi connectivity index (χ4v) is 1.61. The number of aryl methyl sites for hydroxylation is 1. The normalized spacial score (nSPS) is 10.8. The summed E-state index contributed by atoms with van der Waals surface area (Å²) in [4.78, 5) is 29.8. The summed E-state index contributed by atoms with van der Waals surface area (Å²) in [5.41, 5.74) is 5.15. The summed E-state index contributed by atoms with van der Waals surface area (Å²) >= 11 is 0. The summed E-state index contributed by atoms with van der Waals surface area (Å²) in [5, 5.41) is 0. The summed E-state index contributed by atoms with van der Waals surface area (Å²) in [7, 11) is 1.54. The van der Waals surface area contributed by atoms with Crippen molar-refractivity contribution in [1.82, 2.24) is 19.1 Å². The largest absolute Gasteiger partial charge is 0.369 e. The predicted molar refractivity (Wildman–Crippen MR) is 60.2 cm³/mol. The lowest BCUT2D eigenvalue weighted by atomic mass is 10.5. The van der Waals surface area contributed by atoms with Gasteiger partial charge in [-0.05, 0) is 0 Å². The Bertz CT molecular complexity index is 675. The van der Waals surface area contributed by atoms with Crippen LogP contribution in [0, 0.1) is 0 Å². The Morgan fingerprint density at radius 1 is 1.56 bits per heavy atom. The molecule has 2 heterocycles. The molecule has 0 atom stereocenters. The Morgan fingerprint density at radius 3 is 2.88 bits per heavy atom. The van der Waals surface area contributed by atoms with Gasteiger partial charge < -0.3 is 5.73 Å². The molecule has 0 saturated carbocycles. The molecule has 0 radical (unpaired) electrons. The Morgan fingerprint density at radius 2 is 2.25 bits per heavy atom. The SMILES string of the molecule is C=CCn1c(=O)n(C)c2nc(N)[nH]c(=O)c21. The molecule has 0 fully saturated rings. The van der Waals surface area contributed by atoms with E-state index in [0.29, 0.717) is 0 Å². The highest BCUT2D eigenvalue weighted by Crippen LogP contribution is 2.05. The van der Waals surface area contributed by atoms with Gasteiger partial charge in [-0.1, -0.05) is 6.08 Å². The van der Waals surface area contributed by atoms with Crippen LogP contribution in [-0.2, 0) is 13.6 Å². The molecule has 0 unspecified atom stereocenters. The second-order valence-corrected chi connectivity index (χ2v) is 3.36. The van der Waals surface area contributed by atoms with Crippen molar-refractivity contribution >= 4 is 17.1 Å². The van der Waals surface area contributed by atoms with E-state index in [1.54, 1.807) is 0 Å². The smallest absolute Gasteiger partial charge is 0.330 e. The number of allylic oxidation sites excluding steroid dienone is 1. The first-order valence-corrected chi connectivity index (χ1v) is 4.62. The Balaban J connectivity index is 3.02. The summed E-state index contributed by atoms with van der Waals surface area (Å²) in [6, 6.07) is 0. The number of aromatic amines is 1. The molecular formula is C9H11N5O2. The first kappa shape index (κ1) is 10.2. The molecule has 2 aromatic heterocycles. The molecule has 7 heteroatoms. The molecule has 7 nitrogen and oxygen atoms in total. The molecule has 0 aliphatic heterocycles. The van der Waals surface area contributed by atoms with Crippen LogP contribution in [0.15, 0.2) is 22.2 Å². The maximum atomic E-state index is 11.8. The summed E-state index contributed by atoms with van der Waals surface area (Å²) in [6.45, 7) is 3.79. The number of hydrogen-bond donors (Lipinski definition) is 2. The van der Waals surface area contributed by atoms with E-state index in [0.717, 1.165) is 0 Å². The Kier molecular flexibility index (Phi) is 2.15. The molecule has 0 spiro atoms. The van der Waals surface area contributed by atoms with Crippen molar-refractivity contribution in [2.24, 2.45) is 7.05 Å². The van der Waals surface area contributed by atoms with E-state index in [9.17, 15) is 9.59 Å². The lowest BCUT2D eigenvalue weighted by Crippen LogP contribution is -2.23. The van der Waals surface area contributed by atoms with Gasteiger partial charge in [-0.3, -0.25) is 18.9 Å². The van der Waals surface area contributed by atoms with Gasteiger partial charge in [-0.25, -0.2) is 4.79 Å². The zero-order valence-electron chi connectivity index (χ0n) is 8.73. The van der Waals surface area contributed by atoms with Gasteiger partial charge in [0, 0.05) is 13.6 Å². The van der Waals surface area contributed by atoms with Crippen molar-refractivity contribution in [2.75, 3.05) is 5.73 Å². The fraction of sp³-hybridized carbons (Fsp3) is 0.222. The van der Waals surface area contributed by atoms with Crippen molar-refractivity contribution in [3.8, 4) is 0 Å². The predicted octanol–water partition coefficient (Wildman–Crippen LogP) is -0.808. The number of fused-ring (bicyclic) bond motifs is 1. The lowest BCUT2D eigenvalue weighted by Gasteiger charge is -1.97. The number of rotatable bonds is 2. The lowest BCUT2D eigenvalue weighted by molar-refractivity contribution is 0.747. The molecule has 0 amide bonds. The summed E-state index contributed by atoms with van der Waals surface area (Å²) in [6.07, 6.45) is 1.54. The first-order valence-electron chi connectivity index (χ1n) is 4.62. The van der Waals surface area contributed by atoms with Gasteiger partial charge in [0.25, 0.3) is 5.56 Å². The summed E-state index contributed by atoms with van der Waals surface area (Å²) in [5.74, 6) is -0.0103. The van der Waals surface area contributed by atoms with Crippen LogP contribution in [0.3, 0.4) is 0 Å². The highest BCUT2D eigenvalue weighted by molar-refractivity contribution is 5.71. The average molecular weight is 221 g/mol. The second kappa shape index (κ2) is 3.37. The Hall–Kier alpha value is -2.31. The van der Waals surface area contributed by atoms with Crippen LogP contribution >= 0.6 is 0 Å². The van der Waals surface area contributed by atoms with Gasteiger partial charge in [0.15, 0.2) is 11.2 Å². The molecule has 2 rings (SSSR count). The van der Waals surface area contributed by atoms with Crippen molar-refractivity contribution in [3.05, 3.63) is 33.5 Å². The maximum absolute atomic E-state index is 11.8. The van der Waals surface area contributed by atoms with E-state index < -0.39 is 5.56 Å². The minimum Gasteiger partial charge on any atom is -0.369 e. The molecule has 16 heavy (non-hydrogen) atoms. The van der Waals surface area contributed by atoms with Gasteiger partial charge in [-0.15, -0.1) is 6.58 Å². The van der Waals surface area contributed by atoms with Gasteiger partial charge in [0.05, 0.1) is 0 Å². The highest BCUT2D eigenvalue weighted by atomic mass is 16.2. The van der Waals surface area contributed by atoms with Crippen LogP contribution in [0.2, 0.25) is 0 Å². The topological polar surface area (TPSA) is 98.7 Å². The number of nitrogens with zero attached hydrogens (tertiary/aromatic N) is 3. The van der Waals surface area contributed by atoms with Crippen LogP contribution in [0.1, 0.15) is 0 Å². The third kappa shape index (κ3) is 1.25. The quantitative estimate of drug-likeness (QED) is 0.648. The molecule has 0 aliphatic rings. The number of aromatic nitrogens is 4. The molecule has 84 valence electrons. The second-order valence-electron chi connectivity index (χ2n) is 3.36. The van der Waals surface area contributed by atoms with E-state index in [-0.39, 0.29) is 29.3 Å². The van der Waals surface area contributed by atoms with Crippen molar-refractivity contribution in [1.29, 1.82) is 0 Å². The third-order valence-corrected chi connectivity index (χ3v) is 2.31. The number of nitrogen functional groups attached to an aromatic ring is 1. The Labute approximate surface area is 89.8 Å². The number of imidazole rings is 1. The van der Waals surface area contributed by atoms with E-state index >= 15 is 0 Å². The molecule has 0 saturated heterocycles. The number of nitrogens with one attached hydrogen (secondary N) is 1. The fourth-order valence-electron chi connectivity index (χ4n) is 1.61. The number of H-pyrrole nitrogens is 1. The van der Waals surface area contributed by atoms with Gasteiger partial charge in [0.2, 0.25) is 5.95 Å². The average Bonchev–Trinajstić information content (AvgIpc) is 2.44. The van der Waals surface area contributed by atoms with E-state index in [4.69, 9.17) is 5.73 Å². The highest BCUT2D eigenvalue weighted by Gasteiger charge is 2.14. The van der Waals surface area contributed by atoms with E-state index in [1.165, 1.54) is 22.3 Å². The standard InChI is InChI=1S/C9H11N5O2/c1-3-4-14-5-6(13(2)9(14)16)11-8(10)12-7(5)15/h3H,1,4H2,2H3,(H3,10,11,12,15). The van der Waals surface area contributed by atoms with Crippen LogP contribution in [-0.4, -0.2) is 19.1 Å². The van der Waals surface area contributed by atoms with Crippen LogP contribution in [0.4, 0.5) is 5.95 Å². The van der Waals surface area contributed by atoms with Crippen LogP contribution in [0.5, 0.6) is 0 Å². The maximum Gasteiger partial charge on any atom is 0.330 e. The van der Waals surface area contributed by atoms with Crippen molar-refractivity contribution in [3.63, 3.8) is 0 Å². The van der Waals surface area contributed by atoms with Crippen molar-refractivity contribution < 1.29 is 0 Å². The molecule has 3 N–H and O–H groups in total. The number of nitrogens with two attached hydrogens (primary N) is 1. The minimum atomic E-state index is -0.429. The van der Waals surface area contributed by atoms with Crippen LogP contribution in [0.25, 0.3) is 11.2 Å². The minimum absolute atomic E-state index is 0.0103. The molecule has 0 aromatic carbocycles. The van der Waals surface area contributed by atoms with E-state index in [2.05, 4.69) is 16.5 Å². The molecule has 0 aliphatic carbocycles. The van der Waals surface area contributed by atoms with Gasteiger partial charge >= 0.3 is 5.69 Å². The summed E-state index contributed by atoms with van der Waals surface area (Å²) < 4.78 is 2.58. The first-order chi connectivity index (χ1) is 7.56. The molecular weight excluding hydrogens is 210 g/mol. The zero-order valence-corrected chi connectivity index (χ0v) is 8.73.